The van der Waals surface area contributed by atoms with Gasteiger partial charge in [0.1, 0.15) is 17.3 Å². The number of amides is 1. The highest BCUT2D eigenvalue weighted by Gasteiger charge is 2.23. The quantitative estimate of drug-likeness (QED) is 0.585. The van der Waals surface area contributed by atoms with Gasteiger partial charge >= 0.3 is 5.97 Å². The Labute approximate surface area is 142 Å². The lowest BCUT2D eigenvalue weighted by atomic mass is 10.2. The average molecular weight is 342 g/mol. The van der Waals surface area contributed by atoms with Gasteiger partial charge in [0.15, 0.2) is 0 Å². The van der Waals surface area contributed by atoms with Crippen molar-refractivity contribution < 1.29 is 14.3 Å². The molecule has 0 aromatic carbocycles. The first-order valence-corrected chi connectivity index (χ1v) is 7.73. The predicted octanol–water partition coefficient (Wildman–Crippen LogP) is 2.08. The van der Waals surface area contributed by atoms with Gasteiger partial charge in [0, 0.05) is 24.8 Å². The number of rotatable bonds is 6. The molecule has 6 nitrogen and oxygen atoms in total. The molecule has 0 unspecified atom stereocenters. The monoisotopic (exact) mass is 341 g/mol. The molecule has 0 atom stereocenters. The Morgan fingerprint density at radius 2 is 1.91 bits per heavy atom. The fourth-order valence-corrected chi connectivity index (χ4v) is 1.99. The van der Waals surface area contributed by atoms with Crippen molar-refractivity contribution in [2.24, 2.45) is 0 Å². The van der Waals surface area contributed by atoms with Crippen LogP contribution in [0.15, 0.2) is 18.3 Å². The Balaban J connectivity index is 2.87. The minimum absolute atomic E-state index is 0.107. The van der Waals surface area contributed by atoms with Gasteiger partial charge in [0.05, 0.1) is 0 Å². The first-order chi connectivity index (χ1) is 10.6. The highest BCUT2D eigenvalue weighted by Crippen LogP contribution is 2.12. The average Bonchev–Trinajstić information content (AvgIpc) is 2.40. The number of ether oxygens (including phenoxy) is 1. The molecule has 0 saturated heterocycles. The number of pyridine rings is 1. The SMILES string of the molecule is CN(C)CCN(CC(=O)OC(C)(C)C)C(=O)c1ccnc(Cl)c1. The molecule has 0 fully saturated rings. The molecular formula is C16H24ClN3O3. The Morgan fingerprint density at radius 3 is 2.43 bits per heavy atom. The van der Waals surface area contributed by atoms with Crippen molar-refractivity contribution in [2.75, 3.05) is 33.7 Å². The van der Waals surface area contributed by atoms with Crippen LogP contribution in [0.1, 0.15) is 31.1 Å². The van der Waals surface area contributed by atoms with Gasteiger partial charge in [-0.25, -0.2) is 4.98 Å². The second-order valence-electron chi connectivity index (χ2n) is 6.48. The van der Waals surface area contributed by atoms with Gasteiger partial charge < -0.3 is 14.5 Å². The van der Waals surface area contributed by atoms with E-state index >= 15 is 0 Å². The highest BCUT2D eigenvalue weighted by atomic mass is 35.5. The molecule has 0 aliphatic carbocycles. The van der Waals surface area contributed by atoms with Crippen molar-refractivity contribution in [3.63, 3.8) is 0 Å². The van der Waals surface area contributed by atoms with Crippen LogP contribution in [0.25, 0.3) is 0 Å². The lowest BCUT2D eigenvalue weighted by Gasteiger charge is -2.26. The third-order valence-electron chi connectivity index (χ3n) is 2.82. The van der Waals surface area contributed by atoms with Crippen molar-refractivity contribution in [1.82, 2.24) is 14.8 Å². The topological polar surface area (TPSA) is 62.7 Å². The summed E-state index contributed by atoms with van der Waals surface area (Å²) < 4.78 is 5.30. The van der Waals surface area contributed by atoms with Crippen LogP contribution in [0.5, 0.6) is 0 Å². The van der Waals surface area contributed by atoms with Gasteiger partial charge in [-0.05, 0) is 47.0 Å². The third-order valence-corrected chi connectivity index (χ3v) is 3.02. The lowest BCUT2D eigenvalue weighted by molar-refractivity contribution is -0.155. The highest BCUT2D eigenvalue weighted by molar-refractivity contribution is 6.29. The van der Waals surface area contributed by atoms with Crippen LogP contribution < -0.4 is 0 Å². The first-order valence-electron chi connectivity index (χ1n) is 7.36. The molecule has 0 radical (unpaired) electrons. The zero-order valence-electron chi connectivity index (χ0n) is 14.3. The maximum atomic E-state index is 12.6. The Kier molecular flexibility index (Phi) is 6.97. The number of likely N-dealkylation sites (N-methyl/N-ethyl adjacent to an activating group) is 1. The molecule has 0 aliphatic heterocycles. The second-order valence-corrected chi connectivity index (χ2v) is 6.87. The number of aromatic nitrogens is 1. The number of nitrogens with zero attached hydrogens (tertiary/aromatic N) is 3. The van der Waals surface area contributed by atoms with Gasteiger partial charge in [-0.15, -0.1) is 0 Å². The van der Waals surface area contributed by atoms with E-state index in [0.29, 0.717) is 18.7 Å². The molecule has 128 valence electrons. The van der Waals surface area contributed by atoms with E-state index in [1.807, 2.05) is 19.0 Å². The maximum Gasteiger partial charge on any atom is 0.326 e. The van der Waals surface area contributed by atoms with Crippen LogP contribution in [0, 0.1) is 0 Å². The molecule has 7 heteroatoms. The predicted molar refractivity (Wildman–Crippen MR) is 89.5 cm³/mol. The van der Waals surface area contributed by atoms with Crippen LogP contribution in [0.2, 0.25) is 5.15 Å². The van der Waals surface area contributed by atoms with Crippen LogP contribution in [0.3, 0.4) is 0 Å². The van der Waals surface area contributed by atoms with E-state index < -0.39 is 11.6 Å². The van der Waals surface area contributed by atoms with E-state index in [0.717, 1.165) is 0 Å². The number of esters is 1. The molecule has 1 heterocycles. The Hall–Kier alpha value is -1.66. The second kappa shape index (κ2) is 8.26. The maximum absolute atomic E-state index is 12.6. The lowest BCUT2D eigenvalue weighted by Crippen LogP contribution is -2.42. The molecular weight excluding hydrogens is 318 g/mol. The number of hydrogen-bond acceptors (Lipinski definition) is 5. The Morgan fingerprint density at radius 1 is 1.26 bits per heavy atom. The van der Waals surface area contributed by atoms with Crippen molar-refractivity contribution in [3.8, 4) is 0 Å². The molecule has 0 N–H and O–H groups in total. The van der Waals surface area contributed by atoms with E-state index in [4.69, 9.17) is 16.3 Å². The molecule has 23 heavy (non-hydrogen) atoms. The molecule has 0 bridgehead atoms. The number of halogens is 1. The number of carbonyl (C=O) groups is 2. The van der Waals surface area contributed by atoms with Crippen molar-refractivity contribution in [3.05, 3.63) is 29.0 Å². The standard InChI is InChI=1S/C16H24ClN3O3/c1-16(2,3)23-14(21)11-20(9-8-19(4)5)15(22)12-6-7-18-13(17)10-12/h6-7,10H,8-9,11H2,1-5H3. The summed E-state index contributed by atoms with van der Waals surface area (Å²) in [7, 11) is 3.80. The minimum atomic E-state index is -0.590. The summed E-state index contributed by atoms with van der Waals surface area (Å²) in [6.07, 6.45) is 1.47. The van der Waals surface area contributed by atoms with Gasteiger partial charge in [0.25, 0.3) is 5.91 Å². The first kappa shape index (κ1) is 19.4. The molecule has 1 aromatic heterocycles. The fraction of sp³-hybridized carbons (Fsp3) is 0.562. The van der Waals surface area contributed by atoms with Crippen molar-refractivity contribution in [1.29, 1.82) is 0 Å². The van der Waals surface area contributed by atoms with Gasteiger partial charge in [-0.2, -0.15) is 0 Å². The third kappa shape index (κ3) is 7.43. The fourth-order valence-electron chi connectivity index (χ4n) is 1.82. The summed E-state index contributed by atoms with van der Waals surface area (Å²) in [6.45, 7) is 6.31. The zero-order valence-corrected chi connectivity index (χ0v) is 15.1. The zero-order chi connectivity index (χ0) is 17.6. The summed E-state index contributed by atoms with van der Waals surface area (Å²) in [5.41, 5.74) is -0.194. The van der Waals surface area contributed by atoms with Gasteiger partial charge in [-0.3, -0.25) is 9.59 Å². The normalized spacial score (nSPS) is 11.4. The number of hydrogen-bond donors (Lipinski definition) is 0. The van der Waals surface area contributed by atoms with Gasteiger partial charge in [0.2, 0.25) is 0 Å². The van der Waals surface area contributed by atoms with Gasteiger partial charge in [-0.1, -0.05) is 11.6 Å². The molecule has 1 amide bonds. The summed E-state index contributed by atoms with van der Waals surface area (Å²) in [5.74, 6) is -0.716. The summed E-state index contributed by atoms with van der Waals surface area (Å²) >= 11 is 5.83. The summed E-state index contributed by atoms with van der Waals surface area (Å²) in [5, 5.41) is 0.237. The van der Waals surface area contributed by atoms with Crippen molar-refractivity contribution in [2.45, 2.75) is 26.4 Å². The minimum Gasteiger partial charge on any atom is -0.459 e. The largest absolute Gasteiger partial charge is 0.459 e. The van der Waals surface area contributed by atoms with Crippen molar-refractivity contribution >= 4 is 23.5 Å². The molecule has 1 rings (SSSR count). The summed E-state index contributed by atoms with van der Waals surface area (Å²) in [4.78, 5) is 31.9. The molecule has 0 aliphatic rings. The van der Waals surface area contributed by atoms with E-state index in [-0.39, 0.29) is 17.6 Å². The molecule has 0 spiro atoms. The van der Waals surface area contributed by atoms with Crippen LogP contribution in [0.4, 0.5) is 0 Å². The van der Waals surface area contributed by atoms with Crippen LogP contribution in [-0.2, 0) is 9.53 Å². The summed E-state index contributed by atoms with van der Waals surface area (Å²) in [6, 6.07) is 3.06. The molecule has 1 aromatic rings. The van der Waals surface area contributed by atoms with Crippen LogP contribution >= 0.6 is 11.6 Å². The van der Waals surface area contributed by atoms with E-state index in [1.54, 1.807) is 26.8 Å². The molecule has 0 saturated carbocycles. The Bertz CT molecular complexity index is 556. The van der Waals surface area contributed by atoms with E-state index in [2.05, 4.69) is 4.98 Å². The van der Waals surface area contributed by atoms with E-state index in [9.17, 15) is 9.59 Å². The van der Waals surface area contributed by atoms with E-state index in [1.165, 1.54) is 17.2 Å². The smallest absolute Gasteiger partial charge is 0.326 e. The number of carbonyl (C=O) groups excluding carboxylic acids is 2. The van der Waals surface area contributed by atoms with Crippen LogP contribution in [-0.4, -0.2) is 66.0 Å².